The highest BCUT2D eigenvalue weighted by molar-refractivity contribution is 5.66. The van der Waals surface area contributed by atoms with Crippen LogP contribution in [0.4, 0.5) is 0 Å². The Morgan fingerprint density at radius 1 is 1.03 bits per heavy atom. The molecule has 0 saturated heterocycles. The summed E-state index contributed by atoms with van der Waals surface area (Å²) in [6, 6.07) is 8.29. The topological polar surface area (TPSA) is 84.5 Å². The van der Waals surface area contributed by atoms with E-state index in [2.05, 4.69) is 0 Å². The van der Waals surface area contributed by atoms with Crippen LogP contribution >= 0.6 is 0 Å². The maximum absolute atomic E-state index is 13.4. The summed E-state index contributed by atoms with van der Waals surface area (Å²) in [4.78, 5) is 37.8. The number of carbonyl (C=O) groups excluding carboxylic acids is 1. The van der Waals surface area contributed by atoms with Gasteiger partial charge in [-0.2, -0.15) is 0 Å². The molecular formula is C24H29N3O5. The van der Waals surface area contributed by atoms with Crippen molar-refractivity contribution < 1.29 is 14.3 Å². The van der Waals surface area contributed by atoms with Gasteiger partial charge in [-0.1, -0.05) is 38.1 Å². The lowest BCUT2D eigenvalue weighted by molar-refractivity contribution is -0.146. The maximum atomic E-state index is 13.4. The van der Waals surface area contributed by atoms with Gasteiger partial charge in [0.1, 0.15) is 11.9 Å². The SMILES string of the molecule is CC(=O)O[C@H](C)C[C@@H](C)OC1=C[C@@H]2n3c(=O)n(-c4ccccc4)c(=O)n3[C@H](C=C1)C2(C)C. The van der Waals surface area contributed by atoms with E-state index in [1.54, 1.807) is 33.6 Å². The Bertz CT molecular complexity index is 1200. The molecule has 4 atom stereocenters. The predicted molar refractivity (Wildman–Crippen MR) is 120 cm³/mol. The first kappa shape index (κ1) is 21.9. The van der Waals surface area contributed by atoms with Crippen molar-refractivity contribution in [3.8, 4) is 5.69 Å². The molecule has 0 amide bonds. The summed E-state index contributed by atoms with van der Waals surface area (Å²) in [5.74, 6) is 0.309. The normalized spacial score (nSPS) is 22.5. The number of esters is 1. The summed E-state index contributed by atoms with van der Waals surface area (Å²) in [6.07, 6.45) is 5.76. The van der Waals surface area contributed by atoms with Gasteiger partial charge in [-0.05, 0) is 38.1 Å². The summed E-state index contributed by atoms with van der Waals surface area (Å²) >= 11 is 0. The fourth-order valence-electron chi connectivity index (χ4n) is 4.75. The number of para-hydroxylation sites is 1. The lowest BCUT2D eigenvalue weighted by Crippen LogP contribution is -2.34. The molecule has 4 rings (SSSR count). The van der Waals surface area contributed by atoms with Crippen LogP contribution in [-0.2, 0) is 14.3 Å². The number of hydrogen-bond acceptors (Lipinski definition) is 5. The molecule has 0 fully saturated rings. The fraction of sp³-hybridized carbons (Fsp3) is 0.458. The zero-order valence-corrected chi connectivity index (χ0v) is 19.0. The van der Waals surface area contributed by atoms with Crippen LogP contribution in [0.1, 0.15) is 53.1 Å². The third-order valence-electron chi connectivity index (χ3n) is 6.21. The molecule has 0 radical (unpaired) electrons. The smallest absolute Gasteiger partial charge is 0.352 e. The number of aromatic nitrogens is 3. The molecule has 0 spiro atoms. The molecule has 1 aliphatic carbocycles. The highest BCUT2D eigenvalue weighted by Gasteiger charge is 2.49. The molecule has 0 N–H and O–H groups in total. The van der Waals surface area contributed by atoms with E-state index in [0.29, 0.717) is 17.9 Å². The van der Waals surface area contributed by atoms with E-state index in [0.717, 1.165) is 0 Å². The number of fused-ring (bicyclic) bond motifs is 5. The van der Waals surface area contributed by atoms with Gasteiger partial charge in [0, 0.05) is 18.8 Å². The molecule has 2 heterocycles. The van der Waals surface area contributed by atoms with Crippen LogP contribution in [0, 0.1) is 5.41 Å². The first-order valence-corrected chi connectivity index (χ1v) is 10.9. The first-order valence-electron chi connectivity index (χ1n) is 10.9. The van der Waals surface area contributed by atoms with Crippen LogP contribution in [-0.4, -0.2) is 32.1 Å². The zero-order valence-electron chi connectivity index (χ0n) is 19.0. The second-order valence-electron chi connectivity index (χ2n) is 9.15. The van der Waals surface area contributed by atoms with E-state index in [1.807, 2.05) is 52.0 Å². The van der Waals surface area contributed by atoms with Gasteiger partial charge in [-0.15, -0.1) is 0 Å². The molecule has 8 nitrogen and oxygen atoms in total. The van der Waals surface area contributed by atoms with E-state index < -0.39 is 5.41 Å². The largest absolute Gasteiger partial charge is 0.491 e. The number of rotatable bonds is 6. The van der Waals surface area contributed by atoms with Gasteiger partial charge in [-0.25, -0.2) is 23.5 Å². The Balaban J connectivity index is 1.69. The number of hydrogen-bond donors (Lipinski definition) is 0. The molecule has 1 aromatic heterocycles. The number of ether oxygens (including phenoxy) is 2. The average molecular weight is 440 g/mol. The van der Waals surface area contributed by atoms with E-state index in [-0.39, 0.29) is 41.6 Å². The van der Waals surface area contributed by atoms with Gasteiger partial charge in [0.05, 0.1) is 23.9 Å². The second kappa shape index (κ2) is 8.00. The van der Waals surface area contributed by atoms with Gasteiger partial charge in [0.2, 0.25) is 0 Å². The minimum Gasteiger partial charge on any atom is -0.491 e. The van der Waals surface area contributed by atoms with Crippen molar-refractivity contribution in [2.75, 3.05) is 0 Å². The van der Waals surface area contributed by atoms with Crippen molar-refractivity contribution in [3.63, 3.8) is 0 Å². The molecule has 8 heteroatoms. The molecule has 2 bridgehead atoms. The van der Waals surface area contributed by atoms with Crippen molar-refractivity contribution in [2.45, 2.75) is 65.3 Å². The Morgan fingerprint density at radius 2 is 1.66 bits per heavy atom. The van der Waals surface area contributed by atoms with Crippen molar-refractivity contribution in [1.82, 2.24) is 13.9 Å². The van der Waals surface area contributed by atoms with Gasteiger partial charge >= 0.3 is 17.3 Å². The molecule has 1 aromatic carbocycles. The monoisotopic (exact) mass is 439 g/mol. The number of benzene rings is 1. The van der Waals surface area contributed by atoms with E-state index >= 15 is 0 Å². The minimum absolute atomic E-state index is 0.201. The Kier molecular flexibility index (Phi) is 5.48. The van der Waals surface area contributed by atoms with Crippen LogP contribution in [0.3, 0.4) is 0 Å². The van der Waals surface area contributed by atoms with Crippen LogP contribution in [0.2, 0.25) is 0 Å². The third kappa shape index (κ3) is 3.63. The fourth-order valence-corrected chi connectivity index (χ4v) is 4.75. The minimum atomic E-state index is -0.399. The summed E-state index contributed by atoms with van der Waals surface area (Å²) in [5.41, 5.74) is -0.579. The zero-order chi connectivity index (χ0) is 23.2. The van der Waals surface area contributed by atoms with Gasteiger partial charge in [-0.3, -0.25) is 4.79 Å². The quantitative estimate of drug-likeness (QED) is 0.646. The summed E-state index contributed by atoms with van der Waals surface area (Å²) in [7, 11) is 0. The number of allylic oxidation sites excluding steroid dienone is 3. The van der Waals surface area contributed by atoms with Gasteiger partial charge in [0.15, 0.2) is 0 Å². The molecule has 0 unspecified atom stereocenters. The van der Waals surface area contributed by atoms with Crippen LogP contribution < -0.4 is 11.4 Å². The molecule has 0 saturated carbocycles. The number of nitrogens with zero attached hydrogens (tertiary/aromatic N) is 3. The second-order valence-corrected chi connectivity index (χ2v) is 9.15. The standard InChI is InChI=1S/C24H29N3O5/c1-15(31-17(3)28)13-16(2)32-19-11-12-20-24(4,5)21(14-19)27-23(30)25(22(29)26(20)27)18-9-7-6-8-10-18/h6-12,14-16,20-21H,13H2,1-5H3/t15-,16-,20-,21+/m1/s1. The third-order valence-corrected chi connectivity index (χ3v) is 6.21. The van der Waals surface area contributed by atoms with E-state index in [9.17, 15) is 14.4 Å². The Labute approximate surface area is 186 Å². The van der Waals surface area contributed by atoms with Crippen molar-refractivity contribution in [3.05, 3.63) is 75.3 Å². The molecule has 32 heavy (non-hydrogen) atoms. The van der Waals surface area contributed by atoms with Gasteiger partial charge < -0.3 is 9.47 Å². The Hall–Kier alpha value is -3.29. The van der Waals surface area contributed by atoms with Crippen molar-refractivity contribution >= 4 is 5.97 Å². The van der Waals surface area contributed by atoms with Gasteiger partial charge in [0.25, 0.3) is 0 Å². The first-order chi connectivity index (χ1) is 15.1. The molecule has 2 aliphatic rings. The predicted octanol–water partition coefficient (Wildman–Crippen LogP) is 3.12. The van der Waals surface area contributed by atoms with Crippen molar-refractivity contribution in [2.24, 2.45) is 5.41 Å². The average Bonchev–Trinajstić information content (AvgIpc) is 3.00. The Morgan fingerprint density at radius 3 is 2.28 bits per heavy atom. The highest BCUT2D eigenvalue weighted by atomic mass is 16.5. The lowest BCUT2D eigenvalue weighted by Gasteiger charge is -2.27. The maximum Gasteiger partial charge on any atom is 0.352 e. The molecule has 2 aromatic rings. The summed E-state index contributed by atoms with van der Waals surface area (Å²) in [6.45, 7) is 9.22. The van der Waals surface area contributed by atoms with E-state index in [4.69, 9.17) is 9.47 Å². The van der Waals surface area contributed by atoms with Crippen LogP contribution in [0.15, 0.2) is 63.9 Å². The number of carbonyl (C=O) groups is 1. The molecule has 170 valence electrons. The van der Waals surface area contributed by atoms with Crippen LogP contribution in [0.25, 0.3) is 5.69 Å². The van der Waals surface area contributed by atoms with Crippen LogP contribution in [0.5, 0.6) is 0 Å². The molecule has 1 aliphatic heterocycles. The van der Waals surface area contributed by atoms with E-state index in [1.165, 1.54) is 11.5 Å². The summed E-state index contributed by atoms with van der Waals surface area (Å²) < 4.78 is 15.6. The highest BCUT2D eigenvalue weighted by Crippen LogP contribution is 2.49. The lowest BCUT2D eigenvalue weighted by atomic mass is 9.79. The van der Waals surface area contributed by atoms with Crippen molar-refractivity contribution in [1.29, 1.82) is 0 Å². The summed E-state index contributed by atoms with van der Waals surface area (Å²) in [5, 5.41) is 0. The molecular weight excluding hydrogens is 410 g/mol.